The number of carbonyl (C=O) groups is 1. The zero-order valence-electron chi connectivity index (χ0n) is 13.6. The van der Waals surface area contributed by atoms with Crippen LogP contribution in [0.1, 0.15) is 31.7 Å². The summed E-state index contributed by atoms with van der Waals surface area (Å²) in [6.07, 6.45) is 2.53. The molecule has 4 aromatic rings. The van der Waals surface area contributed by atoms with Crippen LogP contribution in [-0.2, 0) is 6.42 Å². The third-order valence-electron chi connectivity index (χ3n) is 4.75. The molecule has 0 aliphatic carbocycles. The summed E-state index contributed by atoms with van der Waals surface area (Å²) in [5.41, 5.74) is 3.75. The molecule has 0 bridgehead atoms. The number of nitrogens with one attached hydrogen (secondary N) is 1. The maximum Gasteiger partial charge on any atom is 0.254 e. The first-order valence-electron chi connectivity index (χ1n) is 8.26. The van der Waals surface area contributed by atoms with Gasteiger partial charge in [-0.25, -0.2) is 4.98 Å². The van der Waals surface area contributed by atoms with Crippen molar-refractivity contribution >= 4 is 51.2 Å². The number of imidazole rings is 1. The molecule has 3 aromatic heterocycles. The molecule has 0 fully saturated rings. The van der Waals surface area contributed by atoms with Crippen LogP contribution in [0.5, 0.6) is 0 Å². The van der Waals surface area contributed by atoms with Crippen molar-refractivity contribution in [1.29, 1.82) is 0 Å². The number of amides is 1. The second kappa shape index (κ2) is 6.23. The number of rotatable bonds is 2. The standard InChI is InChI=1S/C19H14ClN3OS2/c20-16-4-3-15(26-16)17-18-11(6-8-25-18)5-7-23(17)19(24)12-1-2-13-14(9-12)22-10-21-13/h1-4,6,8-10,17H,5,7H2,(H,21,22). The van der Waals surface area contributed by atoms with Crippen molar-refractivity contribution in [3.63, 3.8) is 0 Å². The van der Waals surface area contributed by atoms with Gasteiger partial charge in [0.2, 0.25) is 0 Å². The van der Waals surface area contributed by atoms with Crippen molar-refractivity contribution in [1.82, 2.24) is 14.9 Å². The van der Waals surface area contributed by atoms with E-state index >= 15 is 0 Å². The van der Waals surface area contributed by atoms with Gasteiger partial charge in [0, 0.05) is 21.9 Å². The highest BCUT2D eigenvalue weighted by Crippen LogP contribution is 2.42. The number of aromatic amines is 1. The number of halogens is 1. The van der Waals surface area contributed by atoms with Gasteiger partial charge in [-0.3, -0.25) is 4.79 Å². The van der Waals surface area contributed by atoms with Gasteiger partial charge in [0.05, 0.1) is 21.7 Å². The monoisotopic (exact) mass is 399 g/mol. The molecular weight excluding hydrogens is 386 g/mol. The van der Waals surface area contributed by atoms with E-state index in [4.69, 9.17) is 11.6 Å². The Bertz CT molecular complexity index is 1110. The van der Waals surface area contributed by atoms with E-state index in [9.17, 15) is 4.79 Å². The molecular formula is C19H14ClN3OS2. The van der Waals surface area contributed by atoms with Crippen LogP contribution in [0.25, 0.3) is 11.0 Å². The Balaban J connectivity index is 1.58. The third-order valence-corrected chi connectivity index (χ3v) is 7.05. The van der Waals surface area contributed by atoms with Crippen LogP contribution in [0.15, 0.2) is 48.1 Å². The summed E-state index contributed by atoms with van der Waals surface area (Å²) in [6, 6.07) is 11.7. The number of benzene rings is 1. The van der Waals surface area contributed by atoms with Crippen LogP contribution in [0.4, 0.5) is 0 Å². The predicted octanol–water partition coefficient (Wildman–Crippen LogP) is 5.13. The first-order valence-corrected chi connectivity index (χ1v) is 10.3. The van der Waals surface area contributed by atoms with E-state index in [1.807, 2.05) is 35.2 Å². The summed E-state index contributed by atoms with van der Waals surface area (Å²) in [5, 5.41) is 2.11. The van der Waals surface area contributed by atoms with Crippen molar-refractivity contribution in [2.24, 2.45) is 0 Å². The Labute approximate surface area is 163 Å². The Morgan fingerprint density at radius 3 is 3.04 bits per heavy atom. The van der Waals surface area contributed by atoms with E-state index in [1.165, 1.54) is 10.4 Å². The minimum atomic E-state index is -0.0683. The predicted molar refractivity (Wildman–Crippen MR) is 106 cm³/mol. The van der Waals surface area contributed by atoms with E-state index in [0.717, 1.165) is 26.7 Å². The van der Waals surface area contributed by atoms with Crippen LogP contribution in [-0.4, -0.2) is 27.3 Å². The Morgan fingerprint density at radius 1 is 1.27 bits per heavy atom. The Morgan fingerprint density at radius 2 is 2.19 bits per heavy atom. The summed E-state index contributed by atoms with van der Waals surface area (Å²) in [4.78, 5) is 25.0. The number of carbonyl (C=O) groups excluding carboxylic acids is 1. The highest BCUT2D eigenvalue weighted by Gasteiger charge is 2.34. The molecule has 1 aliphatic rings. The molecule has 1 N–H and O–H groups in total. The molecule has 1 atom stereocenters. The van der Waals surface area contributed by atoms with Gasteiger partial charge in [-0.15, -0.1) is 22.7 Å². The van der Waals surface area contributed by atoms with Crippen LogP contribution in [0.2, 0.25) is 4.34 Å². The van der Waals surface area contributed by atoms with Gasteiger partial charge >= 0.3 is 0 Å². The molecule has 0 saturated heterocycles. The summed E-state index contributed by atoms with van der Waals surface area (Å²) in [7, 11) is 0. The maximum absolute atomic E-state index is 13.4. The average molecular weight is 400 g/mol. The fourth-order valence-corrected chi connectivity index (χ4v) is 5.86. The molecule has 0 spiro atoms. The van der Waals surface area contributed by atoms with Crippen molar-refractivity contribution < 1.29 is 4.79 Å². The van der Waals surface area contributed by atoms with Crippen LogP contribution in [0, 0.1) is 0 Å². The highest BCUT2D eigenvalue weighted by atomic mass is 35.5. The first kappa shape index (κ1) is 16.1. The van der Waals surface area contributed by atoms with Gasteiger partial charge in [-0.05, 0) is 53.8 Å². The fraction of sp³-hybridized carbons (Fsp3) is 0.158. The second-order valence-electron chi connectivity index (χ2n) is 6.24. The van der Waals surface area contributed by atoms with Crippen LogP contribution < -0.4 is 0 Å². The number of hydrogen-bond donors (Lipinski definition) is 1. The average Bonchev–Trinajstić information content (AvgIpc) is 3.39. The zero-order valence-corrected chi connectivity index (χ0v) is 16.0. The highest BCUT2D eigenvalue weighted by molar-refractivity contribution is 7.16. The molecule has 4 nitrogen and oxygen atoms in total. The molecule has 4 heterocycles. The van der Waals surface area contributed by atoms with Crippen LogP contribution in [0.3, 0.4) is 0 Å². The molecule has 0 saturated carbocycles. The lowest BCUT2D eigenvalue weighted by molar-refractivity contribution is 0.0701. The molecule has 1 unspecified atom stereocenters. The third kappa shape index (κ3) is 2.57. The summed E-state index contributed by atoms with van der Waals surface area (Å²) in [6.45, 7) is 0.698. The normalized spacial score (nSPS) is 16.8. The van der Waals surface area contributed by atoms with Gasteiger partial charge in [-0.2, -0.15) is 0 Å². The van der Waals surface area contributed by atoms with Gasteiger partial charge in [0.1, 0.15) is 6.04 Å². The molecule has 7 heteroatoms. The molecule has 1 aromatic carbocycles. The summed E-state index contributed by atoms with van der Waals surface area (Å²) >= 11 is 9.44. The molecule has 130 valence electrons. The molecule has 1 amide bonds. The number of hydrogen-bond acceptors (Lipinski definition) is 4. The first-order chi connectivity index (χ1) is 12.7. The SMILES string of the molecule is O=C(c1ccc2nc[nH]c2c1)N1CCc2ccsc2C1c1ccc(Cl)s1. The Kier molecular flexibility index (Phi) is 3.85. The van der Waals surface area contributed by atoms with Gasteiger partial charge in [0.25, 0.3) is 5.91 Å². The molecule has 1 aliphatic heterocycles. The number of aromatic nitrogens is 2. The zero-order chi connectivity index (χ0) is 17.7. The molecule has 5 rings (SSSR count). The summed E-state index contributed by atoms with van der Waals surface area (Å²) in [5.74, 6) is 0.0371. The van der Waals surface area contributed by atoms with E-state index < -0.39 is 0 Å². The smallest absolute Gasteiger partial charge is 0.254 e. The van der Waals surface area contributed by atoms with E-state index in [2.05, 4.69) is 21.4 Å². The lowest BCUT2D eigenvalue weighted by Gasteiger charge is -2.35. The van der Waals surface area contributed by atoms with Gasteiger partial charge in [-0.1, -0.05) is 11.6 Å². The maximum atomic E-state index is 13.4. The largest absolute Gasteiger partial charge is 0.345 e. The van der Waals surface area contributed by atoms with Crippen molar-refractivity contribution in [2.45, 2.75) is 12.5 Å². The van der Waals surface area contributed by atoms with Crippen molar-refractivity contribution in [3.05, 3.63) is 73.3 Å². The number of nitrogens with zero attached hydrogens (tertiary/aromatic N) is 2. The number of H-pyrrole nitrogens is 1. The lowest BCUT2D eigenvalue weighted by atomic mass is 9.99. The molecule has 26 heavy (non-hydrogen) atoms. The quantitative estimate of drug-likeness (QED) is 0.508. The minimum Gasteiger partial charge on any atom is -0.345 e. The van der Waals surface area contributed by atoms with E-state index in [-0.39, 0.29) is 11.9 Å². The van der Waals surface area contributed by atoms with Gasteiger partial charge in [0.15, 0.2) is 0 Å². The number of fused-ring (bicyclic) bond motifs is 2. The van der Waals surface area contributed by atoms with E-state index in [0.29, 0.717) is 12.1 Å². The minimum absolute atomic E-state index is 0.0371. The van der Waals surface area contributed by atoms with Gasteiger partial charge < -0.3 is 9.88 Å². The van der Waals surface area contributed by atoms with Crippen molar-refractivity contribution in [2.75, 3.05) is 6.54 Å². The fourth-order valence-electron chi connectivity index (χ4n) is 3.52. The molecule has 0 radical (unpaired) electrons. The second-order valence-corrected chi connectivity index (χ2v) is 8.93. The summed E-state index contributed by atoms with van der Waals surface area (Å²) < 4.78 is 0.745. The van der Waals surface area contributed by atoms with Crippen LogP contribution >= 0.6 is 34.3 Å². The van der Waals surface area contributed by atoms with E-state index in [1.54, 1.807) is 29.0 Å². The lowest BCUT2D eigenvalue weighted by Crippen LogP contribution is -2.39. The Hall–Kier alpha value is -2.15. The topological polar surface area (TPSA) is 49.0 Å². The van der Waals surface area contributed by atoms with Crippen molar-refractivity contribution in [3.8, 4) is 0 Å². The number of thiophene rings is 2.